The third-order valence-electron chi connectivity index (χ3n) is 2.78. The number of hydrogen-bond acceptors (Lipinski definition) is 1. The standard InChI is InChI=1S/C12H15BrN2/c1-7-4-5-9-10(6-7)15-12(11(9)13)8(2)14-3/h4-6,8,14-15H,1-3H3. The Hall–Kier alpha value is -0.800. The Morgan fingerprint density at radius 3 is 2.80 bits per heavy atom. The first-order valence-electron chi connectivity index (χ1n) is 5.08. The Morgan fingerprint density at radius 1 is 1.40 bits per heavy atom. The van der Waals surface area contributed by atoms with E-state index in [0.717, 1.165) is 0 Å². The Balaban J connectivity index is 2.63. The maximum atomic E-state index is 3.65. The van der Waals surface area contributed by atoms with Gasteiger partial charge in [-0.25, -0.2) is 0 Å². The van der Waals surface area contributed by atoms with Crippen LogP contribution in [0.4, 0.5) is 0 Å². The molecular weight excluding hydrogens is 252 g/mol. The van der Waals surface area contributed by atoms with Crippen LogP contribution in [0, 0.1) is 6.92 Å². The van der Waals surface area contributed by atoms with Gasteiger partial charge in [0.25, 0.3) is 0 Å². The van der Waals surface area contributed by atoms with E-state index in [2.05, 4.69) is 58.3 Å². The summed E-state index contributed by atoms with van der Waals surface area (Å²) in [6, 6.07) is 6.78. The number of aromatic nitrogens is 1. The van der Waals surface area contributed by atoms with Gasteiger partial charge in [-0.2, -0.15) is 0 Å². The number of halogens is 1. The quantitative estimate of drug-likeness (QED) is 0.856. The summed E-state index contributed by atoms with van der Waals surface area (Å²) in [5.41, 5.74) is 3.68. The minimum absolute atomic E-state index is 0.326. The number of aryl methyl sites for hydroxylation is 1. The molecule has 2 aromatic rings. The molecule has 0 amide bonds. The van der Waals surface area contributed by atoms with Crippen molar-refractivity contribution in [3.63, 3.8) is 0 Å². The molecule has 0 fully saturated rings. The number of nitrogens with one attached hydrogen (secondary N) is 2. The van der Waals surface area contributed by atoms with Gasteiger partial charge in [0.15, 0.2) is 0 Å². The molecule has 0 aliphatic heterocycles. The second-order valence-electron chi connectivity index (χ2n) is 3.91. The lowest BCUT2D eigenvalue weighted by molar-refractivity contribution is 0.635. The predicted molar refractivity (Wildman–Crippen MR) is 68.2 cm³/mol. The zero-order chi connectivity index (χ0) is 11.0. The highest BCUT2D eigenvalue weighted by Gasteiger charge is 2.13. The summed E-state index contributed by atoms with van der Waals surface area (Å²) in [5, 5.41) is 4.48. The van der Waals surface area contributed by atoms with Crippen molar-refractivity contribution in [1.29, 1.82) is 0 Å². The van der Waals surface area contributed by atoms with E-state index >= 15 is 0 Å². The van der Waals surface area contributed by atoms with E-state index in [0.29, 0.717) is 6.04 Å². The first kappa shape index (κ1) is 10.7. The van der Waals surface area contributed by atoms with Crippen molar-refractivity contribution in [2.45, 2.75) is 19.9 Å². The largest absolute Gasteiger partial charge is 0.356 e. The lowest BCUT2D eigenvalue weighted by Gasteiger charge is -2.08. The van der Waals surface area contributed by atoms with E-state index in [1.807, 2.05) is 7.05 Å². The molecule has 2 nitrogen and oxygen atoms in total. The molecule has 1 unspecified atom stereocenters. The molecule has 0 radical (unpaired) electrons. The van der Waals surface area contributed by atoms with Gasteiger partial charge in [0.2, 0.25) is 0 Å². The van der Waals surface area contributed by atoms with Crippen LogP contribution in [-0.4, -0.2) is 12.0 Å². The van der Waals surface area contributed by atoms with E-state index < -0.39 is 0 Å². The maximum Gasteiger partial charge on any atom is 0.0477 e. The van der Waals surface area contributed by atoms with Gasteiger partial charge in [-0.15, -0.1) is 0 Å². The molecule has 0 bridgehead atoms. The third kappa shape index (κ3) is 1.82. The number of aromatic amines is 1. The van der Waals surface area contributed by atoms with Crippen molar-refractivity contribution in [3.05, 3.63) is 33.9 Å². The van der Waals surface area contributed by atoms with Crippen molar-refractivity contribution in [2.75, 3.05) is 7.05 Å². The average Bonchev–Trinajstić information content (AvgIpc) is 2.54. The molecule has 0 saturated carbocycles. The number of benzene rings is 1. The van der Waals surface area contributed by atoms with Crippen molar-refractivity contribution in [2.24, 2.45) is 0 Å². The molecule has 2 rings (SSSR count). The van der Waals surface area contributed by atoms with Crippen LogP contribution < -0.4 is 5.32 Å². The third-order valence-corrected chi connectivity index (χ3v) is 3.64. The van der Waals surface area contributed by atoms with Gasteiger partial charge in [-0.05, 0) is 48.5 Å². The molecular formula is C12H15BrN2. The van der Waals surface area contributed by atoms with Crippen molar-refractivity contribution < 1.29 is 0 Å². The fourth-order valence-corrected chi connectivity index (χ4v) is 2.53. The number of fused-ring (bicyclic) bond motifs is 1. The van der Waals surface area contributed by atoms with Crippen LogP contribution in [0.25, 0.3) is 10.9 Å². The van der Waals surface area contributed by atoms with Gasteiger partial charge in [0, 0.05) is 27.1 Å². The summed E-state index contributed by atoms with van der Waals surface area (Å²) in [7, 11) is 1.97. The van der Waals surface area contributed by atoms with Gasteiger partial charge in [-0.1, -0.05) is 12.1 Å². The second kappa shape index (κ2) is 3.99. The van der Waals surface area contributed by atoms with Crippen LogP contribution in [0.1, 0.15) is 24.2 Å². The van der Waals surface area contributed by atoms with Crippen molar-refractivity contribution in [1.82, 2.24) is 10.3 Å². The summed E-state index contributed by atoms with van der Waals surface area (Å²) >= 11 is 3.65. The minimum Gasteiger partial charge on any atom is -0.356 e. The molecule has 3 heteroatoms. The van der Waals surface area contributed by atoms with Crippen LogP contribution in [0.2, 0.25) is 0 Å². The SMILES string of the molecule is CNC(C)c1[nH]c2cc(C)ccc2c1Br. The smallest absolute Gasteiger partial charge is 0.0477 e. The molecule has 0 aliphatic rings. The van der Waals surface area contributed by atoms with Crippen molar-refractivity contribution in [3.8, 4) is 0 Å². The van der Waals surface area contributed by atoms with Crippen LogP contribution in [0.5, 0.6) is 0 Å². The number of H-pyrrole nitrogens is 1. The highest BCUT2D eigenvalue weighted by Crippen LogP contribution is 2.31. The van der Waals surface area contributed by atoms with Gasteiger partial charge >= 0.3 is 0 Å². The molecule has 15 heavy (non-hydrogen) atoms. The molecule has 1 aromatic heterocycles. The van der Waals surface area contributed by atoms with Gasteiger partial charge in [0.05, 0.1) is 0 Å². The Morgan fingerprint density at radius 2 is 2.13 bits per heavy atom. The summed E-state index contributed by atoms with van der Waals surface area (Å²) in [6.45, 7) is 4.25. The Kier molecular flexibility index (Phi) is 2.85. The first-order valence-corrected chi connectivity index (χ1v) is 5.87. The molecule has 1 aromatic carbocycles. The zero-order valence-corrected chi connectivity index (χ0v) is 10.8. The molecule has 1 atom stereocenters. The normalized spacial score (nSPS) is 13.3. The maximum absolute atomic E-state index is 3.65. The second-order valence-corrected chi connectivity index (χ2v) is 4.71. The lowest BCUT2D eigenvalue weighted by atomic mass is 10.2. The van der Waals surface area contributed by atoms with E-state index in [4.69, 9.17) is 0 Å². The summed E-state index contributed by atoms with van der Waals surface area (Å²) in [4.78, 5) is 3.45. The topological polar surface area (TPSA) is 27.8 Å². The van der Waals surface area contributed by atoms with Gasteiger partial charge < -0.3 is 10.3 Å². The Bertz CT molecular complexity index is 488. The lowest BCUT2D eigenvalue weighted by Crippen LogP contribution is -2.12. The highest BCUT2D eigenvalue weighted by atomic mass is 79.9. The van der Waals surface area contributed by atoms with Crippen LogP contribution in [-0.2, 0) is 0 Å². The van der Waals surface area contributed by atoms with E-state index in [9.17, 15) is 0 Å². The van der Waals surface area contributed by atoms with E-state index in [1.165, 1.54) is 26.6 Å². The Labute approximate surface area is 98.2 Å². The van der Waals surface area contributed by atoms with Crippen LogP contribution in [0.15, 0.2) is 22.7 Å². The fraction of sp³-hybridized carbons (Fsp3) is 0.333. The van der Waals surface area contributed by atoms with Gasteiger partial charge in [0.1, 0.15) is 0 Å². The van der Waals surface area contributed by atoms with Crippen LogP contribution in [0.3, 0.4) is 0 Å². The fourth-order valence-electron chi connectivity index (χ4n) is 1.74. The van der Waals surface area contributed by atoms with Gasteiger partial charge in [-0.3, -0.25) is 0 Å². The minimum atomic E-state index is 0.326. The number of rotatable bonds is 2. The molecule has 80 valence electrons. The van der Waals surface area contributed by atoms with Crippen LogP contribution >= 0.6 is 15.9 Å². The zero-order valence-electron chi connectivity index (χ0n) is 9.19. The molecule has 1 heterocycles. The summed E-state index contributed by atoms with van der Waals surface area (Å²) < 4.78 is 1.17. The number of hydrogen-bond donors (Lipinski definition) is 2. The van der Waals surface area contributed by atoms with Crippen molar-refractivity contribution >= 4 is 26.8 Å². The molecule has 0 spiro atoms. The average molecular weight is 267 g/mol. The summed E-state index contributed by atoms with van der Waals surface area (Å²) in [6.07, 6.45) is 0. The monoisotopic (exact) mass is 266 g/mol. The molecule has 2 N–H and O–H groups in total. The first-order chi connectivity index (χ1) is 7.13. The van der Waals surface area contributed by atoms with E-state index in [-0.39, 0.29) is 0 Å². The summed E-state index contributed by atoms with van der Waals surface area (Å²) in [5.74, 6) is 0. The molecule has 0 saturated heterocycles. The predicted octanol–water partition coefficient (Wildman–Crippen LogP) is 3.52. The highest BCUT2D eigenvalue weighted by molar-refractivity contribution is 9.10. The molecule has 0 aliphatic carbocycles. The van der Waals surface area contributed by atoms with E-state index in [1.54, 1.807) is 0 Å².